The summed E-state index contributed by atoms with van der Waals surface area (Å²) in [6.07, 6.45) is 0.802. The van der Waals surface area contributed by atoms with Gasteiger partial charge in [-0.25, -0.2) is 9.31 Å². The lowest BCUT2D eigenvalue weighted by Gasteiger charge is -2.44. The number of hydrogen-bond donors (Lipinski definition) is 2. The molecule has 1 fully saturated rings. The minimum atomic E-state index is -0.915. The first-order valence-electron chi connectivity index (χ1n) is 11.0. The summed E-state index contributed by atoms with van der Waals surface area (Å²) in [5.41, 5.74) is 1.97. The van der Waals surface area contributed by atoms with E-state index in [2.05, 4.69) is 20.2 Å². The number of H-pyrrole nitrogens is 1. The van der Waals surface area contributed by atoms with E-state index in [1.165, 1.54) is 4.90 Å². The maximum atomic E-state index is 12.7. The fourth-order valence-corrected chi connectivity index (χ4v) is 4.66. The molecule has 3 aromatic rings. The number of fused-ring (bicyclic) bond motifs is 1. The first kappa shape index (κ1) is 23.0. The lowest BCUT2D eigenvalue weighted by molar-refractivity contribution is 0.0518. The number of nitrogens with one attached hydrogen (secondary N) is 1. The van der Waals surface area contributed by atoms with Crippen LogP contribution in [0.15, 0.2) is 15.4 Å². The second-order valence-corrected chi connectivity index (χ2v) is 9.62. The lowest BCUT2D eigenvalue weighted by atomic mass is 9.76. The van der Waals surface area contributed by atoms with Gasteiger partial charge < -0.3 is 24.3 Å². The molecule has 2 unspecified atom stereocenters. The summed E-state index contributed by atoms with van der Waals surface area (Å²) >= 11 is 0. The van der Waals surface area contributed by atoms with Gasteiger partial charge in [-0.15, -0.1) is 0 Å². The molecule has 1 aliphatic heterocycles. The quantitative estimate of drug-likeness (QED) is 0.595. The van der Waals surface area contributed by atoms with E-state index in [9.17, 15) is 14.7 Å². The van der Waals surface area contributed by atoms with Crippen LogP contribution in [-0.2, 0) is 11.2 Å². The molecule has 0 aliphatic carbocycles. The molecule has 33 heavy (non-hydrogen) atoms. The van der Waals surface area contributed by atoms with E-state index < -0.39 is 6.09 Å². The fraction of sp³-hybridized carbons (Fsp3) is 0.591. The molecule has 3 aromatic heterocycles. The molecule has 0 saturated carbocycles. The van der Waals surface area contributed by atoms with Gasteiger partial charge in [0, 0.05) is 38.1 Å². The summed E-state index contributed by atoms with van der Waals surface area (Å²) in [6, 6.07) is 1.38. The summed E-state index contributed by atoms with van der Waals surface area (Å²) in [5.74, 6) is 0.773. The summed E-state index contributed by atoms with van der Waals surface area (Å²) in [6.45, 7) is 8.81. The second-order valence-electron chi connectivity index (χ2n) is 9.62. The largest absolute Gasteiger partial charge is 0.465 e. The molecule has 0 aromatic carbocycles. The number of piperidine rings is 1. The Morgan fingerprint density at radius 3 is 2.82 bits per heavy atom. The first-order chi connectivity index (χ1) is 15.6. The molecule has 11 nitrogen and oxygen atoms in total. The molecular weight excluding hydrogens is 428 g/mol. The van der Waals surface area contributed by atoms with Gasteiger partial charge in [0.25, 0.3) is 11.4 Å². The fourth-order valence-electron chi connectivity index (χ4n) is 4.66. The van der Waals surface area contributed by atoms with Crippen LogP contribution >= 0.6 is 0 Å². The van der Waals surface area contributed by atoms with E-state index in [-0.39, 0.29) is 28.8 Å². The third-order valence-electron chi connectivity index (χ3n) is 6.30. The number of hydrogen-bond acceptors (Lipinski definition) is 7. The van der Waals surface area contributed by atoms with Gasteiger partial charge in [0.2, 0.25) is 0 Å². The maximum absolute atomic E-state index is 12.7. The van der Waals surface area contributed by atoms with Gasteiger partial charge in [0.15, 0.2) is 5.82 Å². The molecule has 0 radical (unpaired) electrons. The van der Waals surface area contributed by atoms with Crippen molar-refractivity contribution in [1.29, 1.82) is 0 Å². The Labute approximate surface area is 190 Å². The number of carbonyl (C=O) groups is 1. The van der Waals surface area contributed by atoms with Crippen LogP contribution in [0.25, 0.3) is 17.1 Å². The van der Waals surface area contributed by atoms with Crippen LogP contribution in [0.4, 0.5) is 4.79 Å². The van der Waals surface area contributed by atoms with E-state index in [1.807, 2.05) is 27.7 Å². The smallest absolute Gasteiger partial charge is 0.407 e. The van der Waals surface area contributed by atoms with Gasteiger partial charge in [0.05, 0.1) is 18.0 Å². The number of aromatic amines is 1. The predicted molar refractivity (Wildman–Crippen MR) is 119 cm³/mol. The molecule has 178 valence electrons. The third-order valence-corrected chi connectivity index (χ3v) is 6.30. The van der Waals surface area contributed by atoms with Crippen molar-refractivity contribution >= 4 is 11.7 Å². The van der Waals surface area contributed by atoms with E-state index in [1.54, 1.807) is 17.7 Å². The molecule has 2 atom stereocenters. The molecule has 0 bridgehead atoms. The van der Waals surface area contributed by atoms with Gasteiger partial charge in [0.1, 0.15) is 11.2 Å². The summed E-state index contributed by atoms with van der Waals surface area (Å²) < 4.78 is 12.3. The van der Waals surface area contributed by atoms with Crippen LogP contribution in [0.5, 0.6) is 0 Å². The topological polar surface area (TPSA) is 139 Å². The zero-order chi connectivity index (χ0) is 23.9. The molecule has 1 aliphatic rings. The Balaban J connectivity index is 1.76. The molecule has 0 spiro atoms. The van der Waals surface area contributed by atoms with Crippen molar-refractivity contribution < 1.29 is 19.2 Å². The Bertz CT molecular complexity index is 1220. The van der Waals surface area contributed by atoms with Gasteiger partial charge >= 0.3 is 6.09 Å². The molecule has 4 heterocycles. The summed E-state index contributed by atoms with van der Waals surface area (Å²) in [5, 5.41) is 18.4. The zero-order valence-corrected chi connectivity index (χ0v) is 19.6. The number of likely N-dealkylation sites (tertiary alicyclic amines) is 1. The van der Waals surface area contributed by atoms with E-state index in [0.717, 1.165) is 5.69 Å². The molecule has 2 N–H and O–H groups in total. The van der Waals surface area contributed by atoms with Crippen LogP contribution in [-0.4, -0.2) is 67.1 Å². The van der Waals surface area contributed by atoms with Crippen LogP contribution in [0, 0.1) is 12.3 Å². The number of methoxy groups -OCH3 is 1. The molecular formula is C22H30N6O5. The number of aryl methyl sites for hydroxylation is 1. The number of aromatic nitrogens is 5. The second kappa shape index (κ2) is 8.62. The minimum absolute atomic E-state index is 0.0262. The number of amides is 1. The van der Waals surface area contributed by atoms with Gasteiger partial charge in [-0.2, -0.15) is 10.1 Å². The van der Waals surface area contributed by atoms with E-state index in [4.69, 9.17) is 9.26 Å². The standard InChI is InChI=1S/C22H30N6O5/c1-12-18(20-23-16(26-33-20)7-9-32-5)19-24-17(29)11-14(28(19)25-12)13-6-8-27(21(30)31)15(10-13)22(2,3)4/h11,13,15H,6-10H2,1-5H3,(H,24,29)(H,30,31). The number of carboxylic acid groups (broad SMARTS) is 1. The number of nitrogens with zero attached hydrogens (tertiary/aromatic N) is 5. The Kier molecular flexibility index (Phi) is 6.00. The van der Waals surface area contributed by atoms with Crippen molar-refractivity contribution in [2.24, 2.45) is 5.41 Å². The van der Waals surface area contributed by atoms with Crippen molar-refractivity contribution in [3.63, 3.8) is 0 Å². The highest BCUT2D eigenvalue weighted by Crippen LogP contribution is 2.39. The zero-order valence-electron chi connectivity index (χ0n) is 19.6. The van der Waals surface area contributed by atoms with Crippen molar-refractivity contribution in [2.45, 2.75) is 58.9 Å². The number of rotatable bonds is 5. The Hall–Kier alpha value is -3.21. The average molecular weight is 459 g/mol. The van der Waals surface area contributed by atoms with Gasteiger partial charge in [-0.3, -0.25) is 4.79 Å². The van der Waals surface area contributed by atoms with Crippen molar-refractivity contribution in [2.75, 3.05) is 20.3 Å². The monoisotopic (exact) mass is 458 g/mol. The molecule has 1 saturated heterocycles. The van der Waals surface area contributed by atoms with E-state index in [0.29, 0.717) is 55.1 Å². The molecule has 4 rings (SSSR count). The van der Waals surface area contributed by atoms with Crippen LogP contribution in [0.1, 0.15) is 56.7 Å². The normalized spacial score (nSPS) is 19.4. The van der Waals surface area contributed by atoms with Crippen molar-refractivity contribution in [3.8, 4) is 11.5 Å². The van der Waals surface area contributed by atoms with Crippen LogP contribution in [0.2, 0.25) is 0 Å². The minimum Gasteiger partial charge on any atom is -0.465 e. The lowest BCUT2D eigenvalue weighted by Crippen LogP contribution is -2.51. The van der Waals surface area contributed by atoms with Crippen LogP contribution in [0.3, 0.4) is 0 Å². The molecule has 1 amide bonds. The summed E-state index contributed by atoms with van der Waals surface area (Å²) in [7, 11) is 1.60. The third kappa shape index (κ3) is 4.37. The van der Waals surface area contributed by atoms with Crippen molar-refractivity contribution in [3.05, 3.63) is 33.6 Å². The van der Waals surface area contributed by atoms with Crippen LogP contribution < -0.4 is 5.56 Å². The summed E-state index contributed by atoms with van der Waals surface area (Å²) in [4.78, 5) is 33.3. The SMILES string of the molecule is COCCc1noc(-c2c(C)nn3c(C4CCN(C(=O)O)C(C(C)(C)C)C4)cc(=O)[nH]c23)n1. The predicted octanol–water partition coefficient (Wildman–Crippen LogP) is 2.84. The highest BCUT2D eigenvalue weighted by molar-refractivity contribution is 5.74. The van der Waals surface area contributed by atoms with Gasteiger partial charge in [-0.05, 0) is 25.2 Å². The Morgan fingerprint density at radius 1 is 1.39 bits per heavy atom. The molecule has 11 heteroatoms. The van der Waals surface area contributed by atoms with E-state index >= 15 is 0 Å². The maximum Gasteiger partial charge on any atom is 0.407 e. The highest BCUT2D eigenvalue weighted by Gasteiger charge is 2.40. The van der Waals surface area contributed by atoms with Crippen molar-refractivity contribution in [1.82, 2.24) is 29.6 Å². The number of ether oxygens (including phenoxy) is 1. The average Bonchev–Trinajstić information content (AvgIpc) is 3.33. The highest BCUT2D eigenvalue weighted by atomic mass is 16.5. The van der Waals surface area contributed by atoms with Gasteiger partial charge in [-0.1, -0.05) is 25.9 Å². The first-order valence-corrected chi connectivity index (χ1v) is 11.0. The Morgan fingerprint density at radius 2 is 2.15 bits per heavy atom.